The molecule has 20 heavy (non-hydrogen) atoms. The van der Waals surface area contributed by atoms with Crippen molar-refractivity contribution in [2.24, 2.45) is 0 Å². The van der Waals surface area contributed by atoms with Crippen LogP contribution in [0.3, 0.4) is 0 Å². The van der Waals surface area contributed by atoms with Crippen LogP contribution in [-0.2, 0) is 9.59 Å². The van der Waals surface area contributed by atoms with Crippen LogP contribution < -0.4 is 5.32 Å². The van der Waals surface area contributed by atoms with E-state index in [1.165, 1.54) is 0 Å². The molecule has 2 rings (SSSR count). The minimum Gasteiger partial charge on any atom is -0.343 e. The number of hydrogen-bond donors (Lipinski definition) is 1. The summed E-state index contributed by atoms with van der Waals surface area (Å²) >= 11 is 3.40. The summed E-state index contributed by atoms with van der Waals surface area (Å²) in [5.74, 6) is -0.0612. The normalized spacial score (nSPS) is 20.8. The van der Waals surface area contributed by atoms with Gasteiger partial charge in [-0.1, -0.05) is 41.4 Å². The smallest absolute Gasteiger partial charge is 0.246 e. The third kappa shape index (κ3) is 3.20. The zero-order chi connectivity index (χ0) is 14.7. The van der Waals surface area contributed by atoms with Crippen LogP contribution in [0.5, 0.6) is 0 Å². The maximum atomic E-state index is 12.4. The number of halogens is 1. The van der Waals surface area contributed by atoms with Gasteiger partial charge in [-0.05, 0) is 31.0 Å². The summed E-state index contributed by atoms with van der Waals surface area (Å²) in [6.45, 7) is 4.11. The average Bonchev–Trinajstić information content (AvgIpc) is 2.43. The standard InChI is InChI=1S/C15H19BrN2O2/c1-3-4-13-15(20)18(9-14(19)17-13)10(2)11-5-7-12(16)8-6-11/h5-8,10,13H,3-4,9H2,1-2H3,(H,17,19). The molecule has 5 heteroatoms. The van der Waals surface area contributed by atoms with E-state index in [0.29, 0.717) is 6.42 Å². The quantitative estimate of drug-likeness (QED) is 0.917. The monoisotopic (exact) mass is 338 g/mol. The van der Waals surface area contributed by atoms with Gasteiger partial charge in [0.25, 0.3) is 0 Å². The van der Waals surface area contributed by atoms with Gasteiger partial charge in [0, 0.05) is 4.47 Å². The molecule has 1 aliphatic heterocycles. The number of piperazine rings is 1. The summed E-state index contributed by atoms with van der Waals surface area (Å²) in [7, 11) is 0. The molecule has 1 aliphatic rings. The fourth-order valence-electron chi connectivity index (χ4n) is 2.47. The highest BCUT2D eigenvalue weighted by Crippen LogP contribution is 2.24. The van der Waals surface area contributed by atoms with E-state index in [1.54, 1.807) is 4.90 Å². The van der Waals surface area contributed by atoms with Crippen LogP contribution in [0.4, 0.5) is 0 Å². The second kappa shape index (κ2) is 6.39. The molecule has 0 radical (unpaired) electrons. The van der Waals surface area contributed by atoms with Crippen molar-refractivity contribution >= 4 is 27.7 Å². The summed E-state index contributed by atoms with van der Waals surface area (Å²) < 4.78 is 1.00. The lowest BCUT2D eigenvalue weighted by molar-refractivity contribution is -0.146. The largest absolute Gasteiger partial charge is 0.343 e. The Labute approximate surface area is 127 Å². The lowest BCUT2D eigenvalue weighted by atomic mass is 10.0. The number of carbonyl (C=O) groups is 2. The Kier molecular flexibility index (Phi) is 4.81. The first-order valence-electron chi connectivity index (χ1n) is 6.88. The van der Waals surface area contributed by atoms with Crippen LogP contribution in [0.15, 0.2) is 28.7 Å². The summed E-state index contributed by atoms with van der Waals surface area (Å²) in [5.41, 5.74) is 1.03. The number of hydrogen-bond acceptors (Lipinski definition) is 2. The highest BCUT2D eigenvalue weighted by Gasteiger charge is 2.34. The van der Waals surface area contributed by atoms with Crippen LogP contribution in [0.2, 0.25) is 0 Å². The molecule has 108 valence electrons. The van der Waals surface area contributed by atoms with E-state index in [0.717, 1.165) is 16.5 Å². The number of nitrogens with one attached hydrogen (secondary N) is 1. The molecule has 1 aromatic rings. The first-order valence-corrected chi connectivity index (χ1v) is 7.67. The molecule has 2 amide bonds. The molecule has 0 aliphatic carbocycles. The number of amides is 2. The van der Waals surface area contributed by atoms with Crippen LogP contribution >= 0.6 is 15.9 Å². The number of carbonyl (C=O) groups excluding carboxylic acids is 2. The van der Waals surface area contributed by atoms with E-state index < -0.39 is 0 Å². The highest BCUT2D eigenvalue weighted by molar-refractivity contribution is 9.10. The summed E-state index contributed by atoms with van der Waals surface area (Å²) in [4.78, 5) is 25.9. The first-order chi connectivity index (χ1) is 9.52. The van der Waals surface area contributed by atoms with E-state index in [-0.39, 0.29) is 30.4 Å². The molecule has 0 spiro atoms. The molecule has 0 bridgehead atoms. The number of benzene rings is 1. The Bertz CT molecular complexity index is 501. The Balaban J connectivity index is 2.19. The Morgan fingerprint density at radius 3 is 2.60 bits per heavy atom. The third-order valence-electron chi connectivity index (χ3n) is 3.63. The SMILES string of the molecule is CCCC1NC(=O)CN(C(C)c2ccc(Br)cc2)C1=O. The van der Waals surface area contributed by atoms with Crippen molar-refractivity contribution in [1.29, 1.82) is 0 Å². The lowest BCUT2D eigenvalue weighted by Crippen LogP contribution is -2.58. The molecule has 1 saturated heterocycles. The molecular weight excluding hydrogens is 320 g/mol. The van der Waals surface area contributed by atoms with Gasteiger partial charge in [0.05, 0.1) is 6.04 Å². The molecule has 0 aromatic heterocycles. The second-order valence-electron chi connectivity index (χ2n) is 5.10. The molecule has 1 heterocycles. The molecule has 1 fully saturated rings. The molecule has 1 aromatic carbocycles. The van der Waals surface area contributed by atoms with E-state index in [2.05, 4.69) is 21.2 Å². The van der Waals surface area contributed by atoms with Crippen molar-refractivity contribution in [1.82, 2.24) is 10.2 Å². The molecular formula is C15H19BrN2O2. The van der Waals surface area contributed by atoms with Gasteiger partial charge in [-0.15, -0.1) is 0 Å². The van der Waals surface area contributed by atoms with Crippen LogP contribution in [0.1, 0.15) is 38.3 Å². The van der Waals surface area contributed by atoms with Crippen LogP contribution in [-0.4, -0.2) is 29.3 Å². The number of nitrogens with zero attached hydrogens (tertiary/aromatic N) is 1. The van der Waals surface area contributed by atoms with Crippen molar-refractivity contribution in [2.45, 2.75) is 38.8 Å². The third-order valence-corrected chi connectivity index (χ3v) is 4.16. The molecule has 2 unspecified atom stereocenters. The lowest BCUT2D eigenvalue weighted by Gasteiger charge is -2.36. The molecule has 4 nitrogen and oxygen atoms in total. The molecule has 2 atom stereocenters. The Morgan fingerprint density at radius 1 is 1.35 bits per heavy atom. The van der Waals surface area contributed by atoms with Gasteiger partial charge >= 0.3 is 0 Å². The van der Waals surface area contributed by atoms with E-state index in [1.807, 2.05) is 38.1 Å². The summed E-state index contributed by atoms with van der Waals surface area (Å²) in [6, 6.07) is 7.38. The minimum atomic E-state index is -0.376. The van der Waals surface area contributed by atoms with E-state index >= 15 is 0 Å². The van der Waals surface area contributed by atoms with Gasteiger partial charge in [0.15, 0.2) is 0 Å². The predicted molar refractivity (Wildman–Crippen MR) is 81.1 cm³/mol. The van der Waals surface area contributed by atoms with Gasteiger partial charge in [-0.2, -0.15) is 0 Å². The van der Waals surface area contributed by atoms with Crippen molar-refractivity contribution in [3.05, 3.63) is 34.3 Å². The van der Waals surface area contributed by atoms with Gasteiger partial charge in [0.2, 0.25) is 11.8 Å². The first kappa shape index (κ1) is 15.0. The highest BCUT2D eigenvalue weighted by atomic mass is 79.9. The fraction of sp³-hybridized carbons (Fsp3) is 0.467. The predicted octanol–water partition coefficient (Wildman–Crippen LogP) is 2.64. The van der Waals surface area contributed by atoms with Crippen molar-refractivity contribution < 1.29 is 9.59 Å². The topological polar surface area (TPSA) is 49.4 Å². The maximum absolute atomic E-state index is 12.4. The Hall–Kier alpha value is -1.36. The van der Waals surface area contributed by atoms with E-state index in [4.69, 9.17) is 0 Å². The van der Waals surface area contributed by atoms with Crippen LogP contribution in [0.25, 0.3) is 0 Å². The average molecular weight is 339 g/mol. The van der Waals surface area contributed by atoms with E-state index in [9.17, 15) is 9.59 Å². The maximum Gasteiger partial charge on any atom is 0.246 e. The van der Waals surface area contributed by atoms with Gasteiger partial charge in [0.1, 0.15) is 12.6 Å². The summed E-state index contributed by atoms with van der Waals surface area (Å²) in [6.07, 6.45) is 1.56. The van der Waals surface area contributed by atoms with Crippen molar-refractivity contribution in [3.63, 3.8) is 0 Å². The van der Waals surface area contributed by atoms with Gasteiger partial charge in [-0.25, -0.2) is 0 Å². The zero-order valence-electron chi connectivity index (χ0n) is 11.7. The molecule has 0 saturated carbocycles. The Morgan fingerprint density at radius 2 is 2.00 bits per heavy atom. The van der Waals surface area contributed by atoms with Gasteiger partial charge < -0.3 is 10.2 Å². The zero-order valence-corrected chi connectivity index (χ0v) is 13.3. The fourth-order valence-corrected chi connectivity index (χ4v) is 2.73. The number of rotatable bonds is 4. The second-order valence-corrected chi connectivity index (χ2v) is 6.02. The minimum absolute atomic E-state index is 0.0156. The summed E-state index contributed by atoms with van der Waals surface area (Å²) in [5, 5.41) is 2.77. The molecule has 1 N–H and O–H groups in total. The van der Waals surface area contributed by atoms with Crippen LogP contribution in [0, 0.1) is 0 Å². The van der Waals surface area contributed by atoms with Crippen molar-refractivity contribution in [2.75, 3.05) is 6.54 Å². The van der Waals surface area contributed by atoms with Gasteiger partial charge in [-0.3, -0.25) is 9.59 Å². The van der Waals surface area contributed by atoms with Crippen molar-refractivity contribution in [3.8, 4) is 0 Å².